The van der Waals surface area contributed by atoms with E-state index in [2.05, 4.69) is 4.98 Å². The van der Waals surface area contributed by atoms with Crippen LogP contribution < -0.4 is 0 Å². The summed E-state index contributed by atoms with van der Waals surface area (Å²) in [5.74, 6) is 0.214. The summed E-state index contributed by atoms with van der Waals surface area (Å²) in [5.41, 5.74) is -2.24. The number of thioether (sulfide) groups is 2. The third-order valence-electron chi connectivity index (χ3n) is 4.85. The molecule has 0 amide bonds. The lowest BCUT2D eigenvalue weighted by Gasteiger charge is -2.38. The Balaban J connectivity index is 1.99. The van der Waals surface area contributed by atoms with Crippen molar-refractivity contribution in [1.82, 2.24) is 4.98 Å². The highest BCUT2D eigenvalue weighted by Gasteiger charge is 2.40. The zero-order valence-corrected chi connectivity index (χ0v) is 17.6. The zero-order chi connectivity index (χ0) is 20.4. The van der Waals surface area contributed by atoms with Gasteiger partial charge >= 0.3 is 6.18 Å². The minimum atomic E-state index is -4.65. The number of alkyl halides is 3. The van der Waals surface area contributed by atoms with Crippen LogP contribution in [0.5, 0.6) is 0 Å². The molecule has 2 heterocycles. The molecule has 2 aromatic heterocycles. The Morgan fingerprint density at radius 2 is 2.21 bits per heavy atom. The SMILES string of the molecule is CS[C@H]1CCCC[C@@]1(O)CSc1nc(-c2cccs2)cc(C(F)(F)F)c1C#N. The fourth-order valence-corrected chi connectivity index (χ4v) is 6.42. The Hall–Kier alpha value is -1.21. The van der Waals surface area contributed by atoms with E-state index >= 15 is 0 Å². The summed E-state index contributed by atoms with van der Waals surface area (Å²) >= 11 is 3.92. The number of halogens is 3. The first kappa shape index (κ1) is 21.5. The summed E-state index contributed by atoms with van der Waals surface area (Å²) in [7, 11) is 0. The van der Waals surface area contributed by atoms with Crippen LogP contribution in [0.15, 0.2) is 28.6 Å². The van der Waals surface area contributed by atoms with E-state index in [4.69, 9.17) is 0 Å². The molecule has 2 atom stereocenters. The van der Waals surface area contributed by atoms with E-state index in [9.17, 15) is 23.5 Å². The number of hydrogen-bond donors (Lipinski definition) is 1. The first-order valence-electron chi connectivity index (χ1n) is 8.72. The minimum absolute atomic E-state index is 0.0274. The van der Waals surface area contributed by atoms with Gasteiger partial charge in [-0.2, -0.15) is 30.2 Å². The van der Waals surface area contributed by atoms with E-state index in [1.54, 1.807) is 35.3 Å². The third kappa shape index (κ3) is 4.51. The van der Waals surface area contributed by atoms with Crippen LogP contribution in [0.2, 0.25) is 0 Å². The molecule has 1 aliphatic rings. The lowest BCUT2D eigenvalue weighted by atomic mass is 9.86. The van der Waals surface area contributed by atoms with E-state index < -0.39 is 22.9 Å². The molecule has 1 saturated carbocycles. The van der Waals surface area contributed by atoms with E-state index in [0.29, 0.717) is 11.3 Å². The summed E-state index contributed by atoms with van der Waals surface area (Å²) in [6, 6.07) is 6.07. The Kier molecular flexibility index (Phi) is 6.65. The first-order valence-corrected chi connectivity index (χ1v) is 11.9. The lowest BCUT2D eigenvalue weighted by Crippen LogP contribution is -2.45. The van der Waals surface area contributed by atoms with Crippen molar-refractivity contribution in [2.45, 2.75) is 47.7 Å². The topological polar surface area (TPSA) is 56.9 Å². The molecule has 28 heavy (non-hydrogen) atoms. The molecule has 0 radical (unpaired) electrons. The van der Waals surface area contributed by atoms with Crippen molar-refractivity contribution in [3.8, 4) is 16.6 Å². The van der Waals surface area contributed by atoms with Crippen LogP contribution in [-0.4, -0.2) is 33.0 Å². The number of aliphatic hydroxyl groups is 1. The molecule has 0 unspecified atom stereocenters. The maximum atomic E-state index is 13.6. The number of pyridine rings is 1. The standard InChI is InChI=1S/C19H19F3N2OS3/c1-26-16-6-2-3-7-18(16,25)11-28-17-12(10-23)13(19(20,21)22)9-14(24-17)15-5-4-8-27-15/h4-5,8-9,16,25H,2-3,6-7,11H2,1H3/t16-,18+/m0/s1. The number of hydrogen-bond acceptors (Lipinski definition) is 6. The Labute approximate surface area is 174 Å². The Morgan fingerprint density at radius 3 is 2.82 bits per heavy atom. The summed E-state index contributed by atoms with van der Waals surface area (Å²) < 4.78 is 40.8. The van der Waals surface area contributed by atoms with Crippen molar-refractivity contribution in [2.75, 3.05) is 12.0 Å². The molecule has 3 rings (SSSR count). The summed E-state index contributed by atoms with van der Waals surface area (Å²) in [5, 5.41) is 22.3. The van der Waals surface area contributed by atoms with Crippen LogP contribution in [-0.2, 0) is 6.18 Å². The van der Waals surface area contributed by atoms with Crippen LogP contribution in [0, 0.1) is 11.3 Å². The lowest BCUT2D eigenvalue weighted by molar-refractivity contribution is -0.138. The normalized spacial score (nSPS) is 22.8. The maximum Gasteiger partial charge on any atom is 0.417 e. The summed E-state index contributed by atoms with van der Waals surface area (Å²) in [4.78, 5) is 4.97. The molecule has 150 valence electrons. The molecule has 0 aromatic carbocycles. The van der Waals surface area contributed by atoms with Crippen molar-refractivity contribution < 1.29 is 18.3 Å². The van der Waals surface area contributed by atoms with Crippen LogP contribution in [0.1, 0.15) is 36.8 Å². The van der Waals surface area contributed by atoms with E-state index in [-0.39, 0.29) is 21.7 Å². The smallest absolute Gasteiger partial charge is 0.388 e. The molecule has 2 aromatic rings. The van der Waals surface area contributed by atoms with E-state index in [1.807, 2.05) is 6.26 Å². The highest BCUT2D eigenvalue weighted by atomic mass is 32.2. The second-order valence-electron chi connectivity index (χ2n) is 6.68. The second-order valence-corrected chi connectivity index (χ2v) is 9.64. The molecule has 0 saturated heterocycles. The van der Waals surface area contributed by atoms with Crippen LogP contribution >= 0.6 is 34.9 Å². The van der Waals surface area contributed by atoms with Gasteiger partial charge in [0.1, 0.15) is 11.1 Å². The Morgan fingerprint density at radius 1 is 1.43 bits per heavy atom. The van der Waals surface area contributed by atoms with Gasteiger partial charge in [-0.25, -0.2) is 4.98 Å². The molecule has 1 fully saturated rings. The quantitative estimate of drug-likeness (QED) is 0.588. The highest BCUT2D eigenvalue weighted by Crippen LogP contribution is 2.42. The van der Waals surface area contributed by atoms with Crippen molar-refractivity contribution in [2.24, 2.45) is 0 Å². The predicted molar refractivity (Wildman–Crippen MR) is 109 cm³/mol. The number of nitriles is 1. The number of rotatable bonds is 5. The summed E-state index contributed by atoms with van der Waals surface area (Å²) in [6.45, 7) is 0. The number of thiophene rings is 1. The van der Waals surface area contributed by atoms with E-state index in [0.717, 1.165) is 37.1 Å². The van der Waals surface area contributed by atoms with E-state index in [1.165, 1.54) is 11.3 Å². The Bertz CT molecular complexity index is 865. The van der Waals surface area contributed by atoms with Gasteiger partial charge in [0.2, 0.25) is 0 Å². The predicted octanol–water partition coefficient (Wildman–Crippen LogP) is 5.83. The van der Waals surface area contributed by atoms with Gasteiger partial charge in [0.05, 0.1) is 27.3 Å². The van der Waals surface area contributed by atoms with Crippen LogP contribution in [0.25, 0.3) is 10.6 Å². The second kappa shape index (κ2) is 8.66. The molecular formula is C19H19F3N2OS3. The molecule has 0 bridgehead atoms. The van der Waals surface area contributed by atoms with Gasteiger partial charge in [-0.15, -0.1) is 23.1 Å². The molecule has 3 nitrogen and oxygen atoms in total. The van der Waals surface area contributed by atoms with Crippen molar-refractivity contribution in [3.05, 3.63) is 34.7 Å². The molecule has 9 heteroatoms. The average Bonchev–Trinajstić information content (AvgIpc) is 3.20. The van der Waals surface area contributed by atoms with Gasteiger partial charge in [0, 0.05) is 11.0 Å². The zero-order valence-electron chi connectivity index (χ0n) is 15.1. The maximum absolute atomic E-state index is 13.6. The number of aromatic nitrogens is 1. The largest absolute Gasteiger partial charge is 0.417 e. The molecule has 1 aliphatic carbocycles. The fraction of sp³-hybridized carbons (Fsp3) is 0.474. The van der Waals surface area contributed by atoms with Crippen molar-refractivity contribution >= 4 is 34.9 Å². The van der Waals surface area contributed by atoms with Gasteiger partial charge in [-0.1, -0.05) is 18.9 Å². The number of nitrogens with zero attached hydrogens (tertiary/aromatic N) is 2. The van der Waals surface area contributed by atoms with Gasteiger partial charge in [-0.3, -0.25) is 0 Å². The average molecular weight is 445 g/mol. The van der Waals surface area contributed by atoms with Crippen molar-refractivity contribution in [3.63, 3.8) is 0 Å². The third-order valence-corrected chi connectivity index (χ3v) is 8.19. The highest BCUT2D eigenvalue weighted by molar-refractivity contribution is 8.00. The van der Waals surface area contributed by atoms with Gasteiger partial charge in [-0.05, 0) is 36.6 Å². The molecular weight excluding hydrogens is 425 g/mol. The van der Waals surface area contributed by atoms with Gasteiger partial charge in [0.25, 0.3) is 0 Å². The monoisotopic (exact) mass is 444 g/mol. The summed E-state index contributed by atoms with van der Waals surface area (Å²) in [6.07, 6.45) is 0.675. The fourth-order valence-electron chi connectivity index (χ4n) is 3.39. The molecule has 1 N–H and O–H groups in total. The van der Waals surface area contributed by atoms with Crippen LogP contribution in [0.4, 0.5) is 13.2 Å². The van der Waals surface area contributed by atoms with Crippen LogP contribution in [0.3, 0.4) is 0 Å². The molecule has 0 spiro atoms. The minimum Gasteiger partial charge on any atom is -0.388 e. The van der Waals surface area contributed by atoms with Crippen molar-refractivity contribution in [1.29, 1.82) is 5.26 Å². The first-order chi connectivity index (χ1) is 13.3. The molecule has 0 aliphatic heterocycles. The van der Waals surface area contributed by atoms with Gasteiger partial charge < -0.3 is 5.11 Å². The van der Waals surface area contributed by atoms with Gasteiger partial charge in [0.15, 0.2) is 0 Å².